The number of hydrogen-bond acceptors (Lipinski definition) is 5. The minimum absolute atomic E-state index is 0.140. The molecular weight excluding hydrogens is 310 g/mol. The molecule has 1 aliphatic rings. The molecule has 0 radical (unpaired) electrons. The number of carbonyl (C=O) groups is 2. The van der Waals surface area contributed by atoms with Gasteiger partial charge in [-0.2, -0.15) is 5.10 Å². The number of likely N-dealkylation sites (N-methyl/N-ethyl adjacent to an activating group) is 1. The Morgan fingerprint density at radius 2 is 2.04 bits per heavy atom. The second-order valence-electron chi connectivity index (χ2n) is 6.18. The van der Waals surface area contributed by atoms with Crippen molar-refractivity contribution in [2.24, 2.45) is 0 Å². The second-order valence-corrected chi connectivity index (χ2v) is 6.18. The Hall–Kier alpha value is -2.48. The minimum atomic E-state index is -0.625. The highest BCUT2D eigenvalue weighted by Gasteiger charge is 2.31. The number of morpholine rings is 1. The van der Waals surface area contributed by atoms with Crippen LogP contribution >= 0.6 is 0 Å². The van der Waals surface area contributed by atoms with Crippen molar-refractivity contribution in [1.29, 1.82) is 0 Å². The predicted molar refractivity (Wildman–Crippen MR) is 86.8 cm³/mol. The lowest BCUT2D eigenvalue weighted by Crippen LogP contribution is -2.51. The molecule has 128 valence electrons. The summed E-state index contributed by atoms with van der Waals surface area (Å²) in [6.07, 6.45) is -0.625. The lowest BCUT2D eigenvalue weighted by Gasteiger charge is -2.33. The highest BCUT2D eigenvalue weighted by atomic mass is 16.5. The molecule has 1 aliphatic heterocycles. The number of aryl methyl sites for hydroxylation is 2. The number of aromatic nitrogens is 3. The van der Waals surface area contributed by atoms with E-state index in [2.05, 4.69) is 10.1 Å². The summed E-state index contributed by atoms with van der Waals surface area (Å²) >= 11 is 0. The van der Waals surface area contributed by atoms with Crippen molar-refractivity contribution in [3.05, 3.63) is 29.2 Å². The van der Waals surface area contributed by atoms with Gasteiger partial charge < -0.3 is 14.5 Å². The van der Waals surface area contributed by atoms with Crippen molar-refractivity contribution in [2.45, 2.75) is 20.0 Å². The Morgan fingerprint density at radius 1 is 1.29 bits per heavy atom. The fourth-order valence-electron chi connectivity index (χ4n) is 2.78. The van der Waals surface area contributed by atoms with Crippen LogP contribution in [0.1, 0.15) is 21.9 Å². The van der Waals surface area contributed by atoms with Gasteiger partial charge in [-0.3, -0.25) is 9.59 Å². The van der Waals surface area contributed by atoms with E-state index in [1.54, 1.807) is 29.6 Å². The molecule has 2 aromatic heterocycles. The van der Waals surface area contributed by atoms with Crippen LogP contribution in [0.25, 0.3) is 5.65 Å². The monoisotopic (exact) mass is 331 g/mol. The SMILES string of the molecule is Cc1cc2nc(C(=O)N3CCO[C@H](C(=O)N(C)C)C3)cc(C)n2n1. The largest absolute Gasteiger partial charge is 0.365 e. The summed E-state index contributed by atoms with van der Waals surface area (Å²) in [5, 5.41) is 4.34. The van der Waals surface area contributed by atoms with Gasteiger partial charge in [-0.1, -0.05) is 0 Å². The van der Waals surface area contributed by atoms with Crippen molar-refractivity contribution < 1.29 is 14.3 Å². The van der Waals surface area contributed by atoms with Crippen LogP contribution in [-0.2, 0) is 9.53 Å². The molecule has 0 N–H and O–H groups in total. The van der Waals surface area contributed by atoms with Crippen molar-refractivity contribution in [2.75, 3.05) is 33.8 Å². The first-order valence-corrected chi connectivity index (χ1v) is 7.83. The number of nitrogens with zero attached hydrogens (tertiary/aromatic N) is 5. The molecule has 3 heterocycles. The molecule has 0 aromatic carbocycles. The van der Waals surface area contributed by atoms with Gasteiger partial charge in [0.15, 0.2) is 11.8 Å². The number of rotatable bonds is 2. The highest BCUT2D eigenvalue weighted by Crippen LogP contribution is 2.14. The molecule has 0 bridgehead atoms. The summed E-state index contributed by atoms with van der Waals surface area (Å²) < 4.78 is 7.21. The van der Waals surface area contributed by atoms with Gasteiger partial charge in [-0.05, 0) is 19.9 Å². The Balaban J connectivity index is 1.84. The number of carbonyl (C=O) groups excluding carboxylic acids is 2. The lowest BCUT2D eigenvalue weighted by atomic mass is 10.2. The van der Waals surface area contributed by atoms with Crippen LogP contribution in [0.3, 0.4) is 0 Å². The molecule has 0 unspecified atom stereocenters. The summed E-state index contributed by atoms with van der Waals surface area (Å²) in [4.78, 5) is 32.4. The third kappa shape index (κ3) is 2.96. The van der Waals surface area contributed by atoms with Gasteiger partial charge in [-0.15, -0.1) is 0 Å². The normalized spacial score (nSPS) is 18.0. The minimum Gasteiger partial charge on any atom is -0.365 e. The molecule has 8 heteroatoms. The Labute approximate surface area is 140 Å². The lowest BCUT2D eigenvalue weighted by molar-refractivity contribution is -0.145. The first-order valence-electron chi connectivity index (χ1n) is 7.83. The van der Waals surface area contributed by atoms with E-state index in [-0.39, 0.29) is 18.4 Å². The van der Waals surface area contributed by atoms with Gasteiger partial charge in [0.05, 0.1) is 18.8 Å². The van der Waals surface area contributed by atoms with E-state index in [9.17, 15) is 9.59 Å². The molecule has 1 atom stereocenters. The summed E-state index contributed by atoms with van der Waals surface area (Å²) in [5.74, 6) is -0.335. The maximum absolute atomic E-state index is 12.8. The molecule has 0 aliphatic carbocycles. The Morgan fingerprint density at radius 3 is 2.75 bits per heavy atom. The zero-order valence-electron chi connectivity index (χ0n) is 14.3. The van der Waals surface area contributed by atoms with Crippen molar-refractivity contribution in [3.63, 3.8) is 0 Å². The van der Waals surface area contributed by atoms with Crippen LogP contribution in [0.5, 0.6) is 0 Å². The summed E-state index contributed by atoms with van der Waals surface area (Å²) in [7, 11) is 3.35. The van der Waals surface area contributed by atoms with E-state index in [1.807, 2.05) is 19.9 Å². The van der Waals surface area contributed by atoms with Crippen LogP contribution in [0.15, 0.2) is 12.1 Å². The quantitative estimate of drug-likeness (QED) is 0.789. The van der Waals surface area contributed by atoms with Gasteiger partial charge in [0.2, 0.25) is 0 Å². The van der Waals surface area contributed by atoms with Crippen LogP contribution < -0.4 is 0 Å². The third-order valence-corrected chi connectivity index (χ3v) is 4.02. The standard InChI is InChI=1S/C16H21N5O3/c1-10-7-14-17-12(8-11(2)21(14)18-10)15(22)20-5-6-24-13(9-20)16(23)19(3)4/h7-8,13H,5-6,9H2,1-4H3/t13-/m0/s1. The first kappa shape index (κ1) is 16.4. The van der Waals surface area contributed by atoms with E-state index in [1.165, 1.54) is 4.90 Å². The molecule has 0 spiro atoms. The molecule has 24 heavy (non-hydrogen) atoms. The average Bonchev–Trinajstić information content (AvgIpc) is 2.94. The van der Waals surface area contributed by atoms with Gasteiger partial charge >= 0.3 is 0 Å². The van der Waals surface area contributed by atoms with Gasteiger partial charge in [0, 0.05) is 32.4 Å². The fourth-order valence-corrected chi connectivity index (χ4v) is 2.78. The maximum Gasteiger partial charge on any atom is 0.272 e. The molecule has 2 aromatic rings. The topological polar surface area (TPSA) is 80.0 Å². The fraction of sp³-hybridized carbons (Fsp3) is 0.500. The molecule has 1 fully saturated rings. The van der Waals surface area contributed by atoms with Crippen LogP contribution in [-0.4, -0.2) is 76.1 Å². The van der Waals surface area contributed by atoms with E-state index in [4.69, 9.17) is 4.74 Å². The van der Waals surface area contributed by atoms with Gasteiger partial charge in [-0.25, -0.2) is 9.50 Å². The highest BCUT2D eigenvalue weighted by molar-refractivity contribution is 5.93. The van der Waals surface area contributed by atoms with Crippen LogP contribution in [0.2, 0.25) is 0 Å². The molecule has 3 rings (SSSR count). The summed E-state index contributed by atoms with van der Waals surface area (Å²) in [5.41, 5.74) is 2.69. The van der Waals surface area contributed by atoms with E-state index < -0.39 is 6.10 Å². The van der Waals surface area contributed by atoms with E-state index in [0.717, 1.165) is 11.4 Å². The third-order valence-electron chi connectivity index (χ3n) is 4.02. The molecule has 2 amide bonds. The second kappa shape index (κ2) is 6.20. The zero-order valence-corrected chi connectivity index (χ0v) is 14.3. The summed E-state index contributed by atoms with van der Waals surface area (Å²) in [6.45, 7) is 4.79. The van der Waals surface area contributed by atoms with Crippen molar-refractivity contribution in [1.82, 2.24) is 24.4 Å². The zero-order chi connectivity index (χ0) is 17.4. The predicted octanol–water partition coefficient (Wildman–Crippen LogP) is 0.275. The van der Waals surface area contributed by atoms with E-state index in [0.29, 0.717) is 24.5 Å². The molecule has 1 saturated heterocycles. The Bertz CT molecular complexity index is 798. The van der Waals surface area contributed by atoms with Crippen LogP contribution in [0, 0.1) is 13.8 Å². The number of amides is 2. The van der Waals surface area contributed by atoms with E-state index >= 15 is 0 Å². The number of hydrogen-bond donors (Lipinski definition) is 0. The number of fused-ring (bicyclic) bond motifs is 1. The van der Waals surface area contributed by atoms with Gasteiger partial charge in [0.25, 0.3) is 11.8 Å². The molecule has 8 nitrogen and oxygen atoms in total. The smallest absolute Gasteiger partial charge is 0.272 e. The van der Waals surface area contributed by atoms with Gasteiger partial charge in [0.1, 0.15) is 5.69 Å². The van der Waals surface area contributed by atoms with Crippen molar-refractivity contribution >= 4 is 17.5 Å². The maximum atomic E-state index is 12.8. The van der Waals surface area contributed by atoms with Crippen LogP contribution in [0.4, 0.5) is 0 Å². The Kier molecular flexibility index (Phi) is 4.23. The summed E-state index contributed by atoms with van der Waals surface area (Å²) in [6, 6.07) is 3.56. The molecule has 0 saturated carbocycles. The number of ether oxygens (including phenoxy) is 1. The average molecular weight is 331 g/mol. The van der Waals surface area contributed by atoms with Crippen molar-refractivity contribution in [3.8, 4) is 0 Å². The molecular formula is C16H21N5O3. The first-order chi connectivity index (χ1) is 11.4.